The molecule has 0 saturated heterocycles. The summed E-state index contributed by atoms with van der Waals surface area (Å²) in [6, 6.07) is 0. The van der Waals surface area contributed by atoms with Crippen molar-refractivity contribution in [2.24, 2.45) is 0 Å². The van der Waals surface area contributed by atoms with Gasteiger partial charge < -0.3 is 0 Å². The molecule has 0 N–H and O–H groups in total. The van der Waals surface area contributed by atoms with E-state index in [9.17, 15) is 0 Å². The zero-order chi connectivity index (χ0) is 2.00. The maximum absolute atomic E-state index is 8.33. The quantitative estimate of drug-likeness (QED) is 0.548. The average Bonchev–Trinajstić information content (AvgIpc) is 1.00. The SMILES string of the molecule is [Co].[Mg].[O]=[W]. The molecule has 0 aliphatic carbocycles. The van der Waals surface area contributed by atoms with Gasteiger partial charge in [-0.2, -0.15) is 0 Å². The van der Waals surface area contributed by atoms with Gasteiger partial charge in [-0.15, -0.1) is 0 Å². The Morgan fingerprint density at radius 2 is 1.25 bits per heavy atom. The van der Waals surface area contributed by atoms with Gasteiger partial charge >= 0.3 is 23.2 Å². The molecule has 0 fully saturated rings. The van der Waals surface area contributed by atoms with Gasteiger partial charge in [-0.05, 0) is 0 Å². The fourth-order valence-electron chi connectivity index (χ4n) is 0. The first-order valence-electron chi connectivity index (χ1n) is 0.167. The molecule has 0 bridgehead atoms. The Bertz CT molecular complexity index is 8.00. The van der Waals surface area contributed by atoms with Crippen molar-refractivity contribution in [2.75, 3.05) is 0 Å². The Labute approximate surface area is 62.5 Å². The van der Waals surface area contributed by atoms with Crippen LogP contribution in [0.25, 0.3) is 0 Å². The van der Waals surface area contributed by atoms with Gasteiger partial charge in [-0.3, -0.25) is 0 Å². The molecule has 0 unspecified atom stereocenters. The zero-order valence-electron chi connectivity index (χ0n) is 1.86. The third kappa shape index (κ3) is 9.25. The molecule has 0 atom stereocenters. The van der Waals surface area contributed by atoms with Gasteiger partial charge in [0.15, 0.2) is 0 Å². The topological polar surface area (TPSA) is 17.1 Å². The maximum atomic E-state index is 8.33. The summed E-state index contributed by atoms with van der Waals surface area (Å²) in [7, 11) is 0. The molecular weight excluding hydrogens is 283 g/mol. The molecule has 0 aromatic rings. The van der Waals surface area contributed by atoms with E-state index in [0.717, 1.165) is 0 Å². The first-order valence-corrected chi connectivity index (χ1v) is 1.36. The fraction of sp³-hybridized carbons (Fsp3) is 0. The second kappa shape index (κ2) is 21.7. The molecular formula is CoMgOW. The van der Waals surface area contributed by atoms with Crippen LogP contribution in [0, 0.1) is 0 Å². The Kier molecular flexibility index (Phi) is 93.0. The summed E-state index contributed by atoms with van der Waals surface area (Å²) >= 11 is 0.333. The molecule has 4 heavy (non-hydrogen) atoms. The Balaban J connectivity index is -0.00000000500. The Morgan fingerprint density at radius 3 is 1.25 bits per heavy atom. The van der Waals surface area contributed by atoms with Crippen LogP contribution in [0.15, 0.2) is 0 Å². The number of rotatable bonds is 0. The van der Waals surface area contributed by atoms with Crippen molar-refractivity contribution in [3.8, 4) is 0 Å². The summed E-state index contributed by atoms with van der Waals surface area (Å²) in [6.45, 7) is 0. The standard InChI is InChI=1S/Co.Mg.O.W. The molecule has 0 aromatic carbocycles. The molecule has 0 amide bonds. The third-order valence-electron chi connectivity index (χ3n) is 0. The third-order valence-corrected chi connectivity index (χ3v) is 0. The molecule has 23 valence electrons. The average molecular weight is 283 g/mol. The van der Waals surface area contributed by atoms with Crippen LogP contribution in [0.2, 0.25) is 0 Å². The van der Waals surface area contributed by atoms with Gasteiger partial charge in [-0.25, -0.2) is 0 Å². The normalized spacial score (nSPS) is 1.00. The van der Waals surface area contributed by atoms with Gasteiger partial charge in [0.25, 0.3) is 0 Å². The first kappa shape index (κ1) is 17.1. The van der Waals surface area contributed by atoms with Crippen LogP contribution < -0.4 is 0 Å². The zero-order valence-corrected chi connectivity index (χ0v) is 7.25. The van der Waals surface area contributed by atoms with Crippen molar-refractivity contribution < 1.29 is 40.0 Å². The molecule has 3 radical (unpaired) electrons. The molecule has 0 spiro atoms. The molecule has 0 aromatic heterocycles. The van der Waals surface area contributed by atoms with Crippen molar-refractivity contribution in [1.29, 1.82) is 0 Å². The van der Waals surface area contributed by atoms with E-state index in [1.54, 1.807) is 0 Å². The van der Waals surface area contributed by atoms with E-state index in [1.165, 1.54) is 0 Å². The van der Waals surface area contributed by atoms with E-state index < -0.39 is 0 Å². The second-order valence-electron chi connectivity index (χ2n) is 0. The van der Waals surface area contributed by atoms with E-state index in [2.05, 4.69) is 0 Å². The van der Waals surface area contributed by atoms with Crippen LogP contribution >= 0.6 is 0 Å². The minimum absolute atomic E-state index is 0. The van der Waals surface area contributed by atoms with E-state index in [1.807, 2.05) is 0 Å². The predicted molar refractivity (Wildman–Crippen MR) is 6.44 cm³/mol. The van der Waals surface area contributed by atoms with Crippen LogP contribution in [0.3, 0.4) is 0 Å². The molecule has 0 aliphatic rings. The summed E-state index contributed by atoms with van der Waals surface area (Å²) in [5.41, 5.74) is 0. The molecule has 1 nitrogen and oxygen atoms in total. The van der Waals surface area contributed by atoms with Gasteiger partial charge in [0.05, 0.1) is 0 Å². The van der Waals surface area contributed by atoms with E-state index >= 15 is 0 Å². The van der Waals surface area contributed by atoms with Crippen molar-refractivity contribution in [1.82, 2.24) is 0 Å². The van der Waals surface area contributed by atoms with Gasteiger partial charge in [0.2, 0.25) is 0 Å². The monoisotopic (exact) mass is 283 g/mol. The summed E-state index contributed by atoms with van der Waals surface area (Å²) in [5.74, 6) is 0. The second-order valence-corrected chi connectivity index (χ2v) is 0. The summed E-state index contributed by atoms with van der Waals surface area (Å²) in [5, 5.41) is 0. The van der Waals surface area contributed by atoms with Crippen LogP contribution in [0.4, 0.5) is 0 Å². The predicted octanol–water partition coefficient (Wildman–Crippen LogP) is -0.505. The molecule has 4 heteroatoms. The number of hydrogen-bond donors (Lipinski definition) is 0. The Morgan fingerprint density at radius 1 is 1.25 bits per heavy atom. The summed E-state index contributed by atoms with van der Waals surface area (Å²) in [6.07, 6.45) is 0. The van der Waals surface area contributed by atoms with Gasteiger partial charge in [-0.1, -0.05) is 0 Å². The van der Waals surface area contributed by atoms with E-state index in [0.29, 0.717) is 19.8 Å². The Hall–Kier alpha value is 1.76. The van der Waals surface area contributed by atoms with Crippen molar-refractivity contribution >= 4 is 23.1 Å². The first-order chi connectivity index (χ1) is 1.00. The molecule has 0 rings (SSSR count). The van der Waals surface area contributed by atoms with E-state index in [-0.39, 0.29) is 39.8 Å². The molecule has 0 saturated carbocycles. The fourth-order valence-corrected chi connectivity index (χ4v) is 0. The van der Waals surface area contributed by atoms with Gasteiger partial charge in [0.1, 0.15) is 0 Å². The minimum atomic E-state index is 0. The van der Waals surface area contributed by atoms with Crippen molar-refractivity contribution in [3.63, 3.8) is 0 Å². The van der Waals surface area contributed by atoms with Crippen molar-refractivity contribution in [2.45, 2.75) is 0 Å². The van der Waals surface area contributed by atoms with Crippen LogP contribution in [-0.2, 0) is 40.0 Å². The molecule has 0 aliphatic heterocycles. The summed E-state index contributed by atoms with van der Waals surface area (Å²) in [4.78, 5) is 0. The molecule has 0 heterocycles. The van der Waals surface area contributed by atoms with Crippen molar-refractivity contribution in [3.05, 3.63) is 0 Å². The van der Waals surface area contributed by atoms with Gasteiger partial charge in [0, 0.05) is 39.8 Å². The van der Waals surface area contributed by atoms with E-state index in [4.69, 9.17) is 3.40 Å². The number of hydrogen-bond acceptors (Lipinski definition) is 1. The van der Waals surface area contributed by atoms with Crippen LogP contribution in [0.1, 0.15) is 0 Å². The van der Waals surface area contributed by atoms with Crippen LogP contribution in [-0.4, -0.2) is 23.1 Å². The summed E-state index contributed by atoms with van der Waals surface area (Å²) < 4.78 is 8.33. The van der Waals surface area contributed by atoms with Crippen LogP contribution in [0.5, 0.6) is 0 Å².